The van der Waals surface area contributed by atoms with E-state index in [9.17, 15) is 10.2 Å². The predicted octanol–water partition coefficient (Wildman–Crippen LogP) is 3.67. The predicted molar refractivity (Wildman–Crippen MR) is 97.7 cm³/mol. The van der Waals surface area contributed by atoms with Crippen LogP contribution in [0.15, 0.2) is 36.7 Å². The molecule has 0 aliphatic heterocycles. The van der Waals surface area contributed by atoms with Gasteiger partial charge in [-0.3, -0.25) is 9.97 Å². The minimum atomic E-state index is 0.0968. The number of hydrogen-bond donors (Lipinski definition) is 2. The van der Waals surface area contributed by atoms with Crippen LogP contribution in [0.1, 0.15) is 36.8 Å². The molecule has 2 N–H and O–H groups in total. The highest BCUT2D eigenvalue weighted by atomic mass is 16.3. The summed E-state index contributed by atoms with van der Waals surface area (Å²) in [5, 5.41) is 29.3. The van der Waals surface area contributed by atoms with Crippen molar-refractivity contribution in [3.63, 3.8) is 0 Å². The second-order valence-electron chi connectivity index (χ2n) is 6.51. The number of hydrogen-bond acceptors (Lipinski definition) is 6. The van der Waals surface area contributed by atoms with Crippen LogP contribution in [-0.4, -0.2) is 30.4 Å². The van der Waals surface area contributed by atoms with Crippen molar-refractivity contribution in [3.8, 4) is 34.3 Å². The standard InChI is InChI=1S/C20H20N4O2/c25-15-9-5-11-21-19(15)17-13-7-3-1-2-4-8-14(13)18(24-23-17)20-16(26)10-6-12-22-20/h5-6,9-12,25-26H,1-4,7-8H2. The van der Waals surface area contributed by atoms with Crippen molar-refractivity contribution in [2.75, 3.05) is 0 Å². The van der Waals surface area contributed by atoms with Gasteiger partial charge in [0.25, 0.3) is 0 Å². The summed E-state index contributed by atoms with van der Waals surface area (Å²) >= 11 is 0. The van der Waals surface area contributed by atoms with E-state index in [1.165, 1.54) is 12.8 Å². The molecule has 0 fully saturated rings. The highest BCUT2D eigenvalue weighted by Crippen LogP contribution is 2.37. The Morgan fingerprint density at radius 3 is 1.50 bits per heavy atom. The van der Waals surface area contributed by atoms with Crippen molar-refractivity contribution in [1.82, 2.24) is 20.2 Å². The second kappa shape index (κ2) is 7.07. The number of nitrogens with zero attached hydrogens (tertiary/aromatic N) is 4. The minimum absolute atomic E-state index is 0.0968. The van der Waals surface area contributed by atoms with Crippen LogP contribution >= 0.6 is 0 Å². The lowest BCUT2D eigenvalue weighted by molar-refractivity contribution is 0.473. The SMILES string of the molecule is Oc1cccnc1-c1nnc(-c2ncccc2O)c2c1CCCCCC2. The molecule has 3 heterocycles. The molecule has 26 heavy (non-hydrogen) atoms. The van der Waals surface area contributed by atoms with Gasteiger partial charge in [0.15, 0.2) is 0 Å². The zero-order valence-electron chi connectivity index (χ0n) is 14.4. The van der Waals surface area contributed by atoms with Crippen LogP contribution in [0.3, 0.4) is 0 Å². The van der Waals surface area contributed by atoms with E-state index >= 15 is 0 Å². The van der Waals surface area contributed by atoms with E-state index in [4.69, 9.17) is 0 Å². The van der Waals surface area contributed by atoms with Crippen molar-refractivity contribution in [2.24, 2.45) is 0 Å². The van der Waals surface area contributed by atoms with Gasteiger partial charge in [-0.2, -0.15) is 0 Å². The molecule has 0 radical (unpaired) electrons. The third-order valence-electron chi connectivity index (χ3n) is 4.81. The summed E-state index contributed by atoms with van der Waals surface area (Å²) in [5.74, 6) is 0.194. The van der Waals surface area contributed by atoms with E-state index in [1.54, 1.807) is 36.7 Å². The van der Waals surface area contributed by atoms with Gasteiger partial charge in [0.1, 0.15) is 34.3 Å². The Morgan fingerprint density at radius 2 is 1.08 bits per heavy atom. The molecule has 0 atom stereocenters. The van der Waals surface area contributed by atoms with Gasteiger partial charge in [-0.05, 0) is 61.1 Å². The summed E-state index contributed by atoms with van der Waals surface area (Å²) in [7, 11) is 0. The first-order chi connectivity index (χ1) is 12.8. The van der Waals surface area contributed by atoms with Gasteiger partial charge in [-0.15, -0.1) is 10.2 Å². The van der Waals surface area contributed by atoms with Gasteiger partial charge in [0, 0.05) is 12.4 Å². The Morgan fingerprint density at radius 1 is 0.615 bits per heavy atom. The van der Waals surface area contributed by atoms with E-state index in [1.807, 2.05) is 0 Å². The summed E-state index contributed by atoms with van der Waals surface area (Å²) in [6.07, 6.45) is 9.40. The molecule has 0 saturated heterocycles. The summed E-state index contributed by atoms with van der Waals surface area (Å²) < 4.78 is 0. The van der Waals surface area contributed by atoms with Gasteiger partial charge in [0.2, 0.25) is 0 Å². The first-order valence-electron chi connectivity index (χ1n) is 8.93. The summed E-state index contributed by atoms with van der Waals surface area (Å²) in [6.45, 7) is 0. The van der Waals surface area contributed by atoms with E-state index in [2.05, 4.69) is 20.2 Å². The first kappa shape index (κ1) is 16.4. The fraction of sp³-hybridized carbons (Fsp3) is 0.300. The van der Waals surface area contributed by atoms with Gasteiger partial charge in [-0.1, -0.05) is 12.8 Å². The Bertz CT molecular complexity index is 866. The van der Waals surface area contributed by atoms with E-state index in [-0.39, 0.29) is 11.5 Å². The van der Waals surface area contributed by atoms with Crippen LogP contribution in [0.2, 0.25) is 0 Å². The Hall–Kier alpha value is -3.02. The fourth-order valence-electron chi connectivity index (χ4n) is 3.54. The number of aromatic hydroxyl groups is 2. The quantitative estimate of drug-likeness (QED) is 0.734. The van der Waals surface area contributed by atoms with Crippen LogP contribution in [0.5, 0.6) is 11.5 Å². The Balaban J connectivity index is 1.95. The van der Waals surface area contributed by atoms with Gasteiger partial charge < -0.3 is 10.2 Å². The highest BCUT2D eigenvalue weighted by Gasteiger charge is 2.23. The molecule has 3 aromatic heterocycles. The zero-order valence-corrected chi connectivity index (χ0v) is 14.4. The fourth-order valence-corrected chi connectivity index (χ4v) is 3.54. The van der Waals surface area contributed by atoms with Crippen molar-refractivity contribution in [3.05, 3.63) is 47.8 Å². The normalized spacial score (nSPS) is 14.3. The molecule has 1 aliphatic carbocycles. The maximum absolute atomic E-state index is 10.2. The first-order valence-corrected chi connectivity index (χ1v) is 8.93. The van der Waals surface area contributed by atoms with Crippen LogP contribution in [0.25, 0.3) is 22.8 Å². The molecule has 132 valence electrons. The van der Waals surface area contributed by atoms with Crippen LogP contribution < -0.4 is 0 Å². The summed E-state index contributed by atoms with van der Waals surface area (Å²) in [5.41, 5.74) is 4.25. The molecule has 1 aliphatic rings. The number of fused-ring (bicyclic) bond motifs is 1. The maximum Gasteiger partial charge on any atom is 0.143 e. The lowest BCUT2D eigenvalue weighted by Crippen LogP contribution is -2.09. The summed E-state index contributed by atoms with van der Waals surface area (Å²) in [6, 6.07) is 6.60. The molecule has 6 nitrogen and oxygen atoms in total. The minimum Gasteiger partial charge on any atom is -0.506 e. The van der Waals surface area contributed by atoms with E-state index in [0.717, 1.165) is 36.8 Å². The molecule has 0 aromatic carbocycles. The van der Waals surface area contributed by atoms with Gasteiger partial charge >= 0.3 is 0 Å². The van der Waals surface area contributed by atoms with Crippen molar-refractivity contribution < 1.29 is 10.2 Å². The molecule has 0 unspecified atom stereocenters. The van der Waals surface area contributed by atoms with Gasteiger partial charge in [0.05, 0.1) is 0 Å². The number of pyridine rings is 2. The largest absolute Gasteiger partial charge is 0.506 e. The topological polar surface area (TPSA) is 92.0 Å². The van der Waals surface area contributed by atoms with Crippen molar-refractivity contribution >= 4 is 0 Å². The van der Waals surface area contributed by atoms with Crippen molar-refractivity contribution in [2.45, 2.75) is 38.5 Å². The average Bonchev–Trinajstić information content (AvgIpc) is 2.63. The van der Waals surface area contributed by atoms with E-state index in [0.29, 0.717) is 22.8 Å². The summed E-state index contributed by atoms with van der Waals surface area (Å²) in [4.78, 5) is 8.63. The molecule has 3 aromatic rings. The average molecular weight is 348 g/mol. The molecular weight excluding hydrogens is 328 g/mol. The van der Waals surface area contributed by atoms with Gasteiger partial charge in [-0.25, -0.2) is 0 Å². The second-order valence-corrected chi connectivity index (χ2v) is 6.51. The lowest BCUT2D eigenvalue weighted by Gasteiger charge is -2.19. The Kier molecular flexibility index (Phi) is 4.48. The third kappa shape index (κ3) is 2.98. The molecule has 0 spiro atoms. The molecule has 0 bridgehead atoms. The number of rotatable bonds is 2. The highest BCUT2D eigenvalue weighted by molar-refractivity contribution is 5.73. The molecule has 0 saturated carbocycles. The van der Waals surface area contributed by atoms with Crippen LogP contribution in [-0.2, 0) is 12.8 Å². The maximum atomic E-state index is 10.2. The monoisotopic (exact) mass is 348 g/mol. The van der Waals surface area contributed by atoms with Crippen LogP contribution in [0, 0.1) is 0 Å². The smallest absolute Gasteiger partial charge is 0.143 e. The molecule has 6 heteroatoms. The molecule has 0 amide bonds. The Labute approximate surface area is 151 Å². The van der Waals surface area contributed by atoms with Crippen molar-refractivity contribution in [1.29, 1.82) is 0 Å². The number of aromatic nitrogens is 4. The lowest BCUT2D eigenvalue weighted by atomic mass is 9.89. The van der Waals surface area contributed by atoms with E-state index < -0.39 is 0 Å². The zero-order chi connectivity index (χ0) is 17.9. The van der Waals surface area contributed by atoms with Crippen LogP contribution in [0.4, 0.5) is 0 Å². The molecular formula is C20H20N4O2. The molecule has 4 rings (SSSR count). The third-order valence-corrected chi connectivity index (χ3v) is 4.81.